The van der Waals surface area contributed by atoms with Crippen LogP contribution in [0.15, 0.2) is 46.9 Å². The first-order valence-corrected chi connectivity index (χ1v) is 10.5. The lowest BCUT2D eigenvalue weighted by Crippen LogP contribution is -2.42. The van der Waals surface area contributed by atoms with E-state index in [0.717, 1.165) is 38.3 Å². The summed E-state index contributed by atoms with van der Waals surface area (Å²) in [6.07, 6.45) is 1.91. The van der Waals surface area contributed by atoms with Gasteiger partial charge in [0.05, 0.1) is 11.9 Å². The Labute approximate surface area is 156 Å². The van der Waals surface area contributed by atoms with Crippen molar-refractivity contribution >= 4 is 43.2 Å². The molecule has 1 amide bonds. The maximum atomic E-state index is 12.8. The Kier molecular flexibility index (Phi) is 4.88. The van der Waals surface area contributed by atoms with Gasteiger partial charge in [-0.1, -0.05) is 34.1 Å². The number of benzene rings is 2. The summed E-state index contributed by atoms with van der Waals surface area (Å²) in [6.45, 7) is 2.25. The van der Waals surface area contributed by atoms with E-state index in [0.29, 0.717) is 12.2 Å². The summed E-state index contributed by atoms with van der Waals surface area (Å²) in [5.41, 5.74) is 3.38. The summed E-state index contributed by atoms with van der Waals surface area (Å²) in [5.74, 6) is -0.226. The fraction of sp³-hybridized carbons (Fsp3) is 0.278. The zero-order chi connectivity index (χ0) is 18.2. The van der Waals surface area contributed by atoms with E-state index in [1.54, 1.807) is 23.1 Å². The number of carbonyl (C=O) groups excluding carboxylic acids is 1. The van der Waals surface area contributed by atoms with Gasteiger partial charge in [0.2, 0.25) is 15.9 Å². The van der Waals surface area contributed by atoms with Crippen LogP contribution in [0.5, 0.6) is 0 Å². The molecule has 132 valence electrons. The number of fused-ring (bicyclic) bond motifs is 1. The van der Waals surface area contributed by atoms with Crippen molar-refractivity contribution in [3.05, 3.63) is 58.1 Å². The maximum Gasteiger partial charge on any atom is 0.247 e. The molecule has 0 spiro atoms. The van der Waals surface area contributed by atoms with Gasteiger partial charge in [-0.3, -0.25) is 9.10 Å². The summed E-state index contributed by atoms with van der Waals surface area (Å²) in [6, 6.07) is 13.0. The third kappa shape index (κ3) is 3.72. The van der Waals surface area contributed by atoms with Crippen LogP contribution in [-0.2, 0) is 21.2 Å². The summed E-state index contributed by atoms with van der Waals surface area (Å²) < 4.78 is 26.6. The predicted octanol–water partition coefficient (Wildman–Crippen LogP) is 3.11. The number of para-hydroxylation sites is 1. The standard InChI is InChI=1S/C18H19BrN2O3S/c1-13-11-15(7-8-16(13)19)21(25(2,23)24)12-18(22)20-10-9-14-5-3-4-6-17(14)20/h3-8,11H,9-10,12H2,1-2H3. The molecule has 0 unspecified atom stereocenters. The highest BCUT2D eigenvalue weighted by Gasteiger charge is 2.28. The fourth-order valence-electron chi connectivity index (χ4n) is 2.99. The van der Waals surface area contributed by atoms with Crippen molar-refractivity contribution in [2.45, 2.75) is 13.3 Å². The molecule has 1 aliphatic heterocycles. The number of hydrogen-bond donors (Lipinski definition) is 0. The highest BCUT2D eigenvalue weighted by molar-refractivity contribution is 9.10. The van der Waals surface area contributed by atoms with Crippen LogP contribution in [0, 0.1) is 6.92 Å². The summed E-state index contributed by atoms with van der Waals surface area (Å²) in [7, 11) is -3.58. The van der Waals surface area contributed by atoms with Crippen LogP contribution in [0.3, 0.4) is 0 Å². The van der Waals surface area contributed by atoms with Crippen molar-refractivity contribution in [2.24, 2.45) is 0 Å². The topological polar surface area (TPSA) is 57.7 Å². The van der Waals surface area contributed by atoms with Crippen molar-refractivity contribution < 1.29 is 13.2 Å². The Hall–Kier alpha value is -1.86. The molecule has 0 aliphatic carbocycles. The first-order valence-electron chi connectivity index (χ1n) is 7.89. The number of aryl methyl sites for hydroxylation is 1. The minimum atomic E-state index is -3.58. The second-order valence-corrected chi connectivity index (χ2v) is 8.89. The summed E-state index contributed by atoms with van der Waals surface area (Å²) >= 11 is 3.41. The second-order valence-electron chi connectivity index (χ2n) is 6.13. The molecule has 2 aromatic rings. The van der Waals surface area contributed by atoms with E-state index in [2.05, 4.69) is 15.9 Å². The van der Waals surface area contributed by atoms with Gasteiger partial charge in [-0.25, -0.2) is 8.42 Å². The molecule has 0 aromatic heterocycles. The first-order chi connectivity index (χ1) is 11.8. The molecule has 3 rings (SSSR count). The van der Waals surface area contributed by atoms with E-state index >= 15 is 0 Å². The van der Waals surface area contributed by atoms with Crippen LogP contribution in [-0.4, -0.2) is 33.7 Å². The lowest BCUT2D eigenvalue weighted by Gasteiger charge is -2.25. The van der Waals surface area contributed by atoms with Crippen LogP contribution < -0.4 is 9.21 Å². The molecule has 0 saturated carbocycles. The van der Waals surface area contributed by atoms with Gasteiger partial charge < -0.3 is 4.90 Å². The Morgan fingerprint density at radius 2 is 1.96 bits per heavy atom. The van der Waals surface area contributed by atoms with E-state index in [4.69, 9.17) is 0 Å². The van der Waals surface area contributed by atoms with E-state index in [1.165, 1.54) is 0 Å². The zero-order valence-electron chi connectivity index (χ0n) is 14.1. The minimum Gasteiger partial charge on any atom is -0.310 e. The largest absolute Gasteiger partial charge is 0.310 e. The number of halogens is 1. The second kappa shape index (κ2) is 6.80. The van der Waals surface area contributed by atoms with Crippen molar-refractivity contribution in [3.63, 3.8) is 0 Å². The number of amides is 1. The molecule has 25 heavy (non-hydrogen) atoms. The van der Waals surface area contributed by atoms with E-state index < -0.39 is 10.0 Å². The Balaban J connectivity index is 1.89. The minimum absolute atomic E-state index is 0.214. The summed E-state index contributed by atoms with van der Waals surface area (Å²) in [4.78, 5) is 14.5. The molecule has 7 heteroatoms. The van der Waals surface area contributed by atoms with Crippen LogP contribution in [0.2, 0.25) is 0 Å². The molecule has 0 saturated heterocycles. The number of anilines is 2. The lowest BCUT2D eigenvalue weighted by atomic mass is 10.2. The number of hydrogen-bond acceptors (Lipinski definition) is 3. The molecule has 2 aromatic carbocycles. The molecule has 0 radical (unpaired) electrons. The molecule has 0 N–H and O–H groups in total. The monoisotopic (exact) mass is 422 g/mol. The number of nitrogens with zero attached hydrogens (tertiary/aromatic N) is 2. The van der Waals surface area contributed by atoms with Gasteiger partial charge >= 0.3 is 0 Å². The van der Waals surface area contributed by atoms with Crippen LogP contribution in [0.4, 0.5) is 11.4 Å². The number of rotatable bonds is 4. The van der Waals surface area contributed by atoms with Crippen LogP contribution in [0.1, 0.15) is 11.1 Å². The molecule has 1 heterocycles. The van der Waals surface area contributed by atoms with Gasteiger partial charge in [-0.15, -0.1) is 0 Å². The maximum absolute atomic E-state index is 12.8. The highest BCUT2D eigenvalue weighted by atomic mass is 79.9. The SMILES string of the molecule is Cc1cc(N(CC(=O)N2CCc3ccccc32)S(C)(=O)=O)ccc1Br. The molecule has 0 fully saturated rings. The number of sulfonamides is 1. The third-order valence-corrected chi connectivity index (χ3v) is 6.33. The first kappa shape index (κ1) is 17.9. The zero-order valence-corrected chi connectivity index (χ0v) is 16.5. The van der Waals surface area contributed by atoms with E-state index in [-0.39, 0.29) is 12.5 Å². The van der Waals surface area contributed by atoms with Gasteiger partial charge in [0.1, 0.15) is 6.54 Å². The van der Waals surface area contributed by atoms with Gasteiger partial charge in [0, 0.05) is 16.7 Å². The van der Waals surface area contributed by atoms with Crippen molar-refractivity contribution in [3.8, 4) is 0 Å². The Morgan fingerprint density at radius 3 is 2.64 bits per heavy atom. The molecular formula is C18H19BrN2O3S. The average Bonchev–Trinajstić information content (AvgIpc) is 2.98. The van der Waals surface area contributed by atoms with E-state index in [1.807, 2.05) is 31.2 Å². The van der Waals surface area contributed by atoms with E-state index in [9.17, 15) is 13.2 Å². The molecular weight excluding hydrogens is 404 g/mol. The van der Waals surface area contributed by atoms with Gasteiger partial charge in [-0.05, 0) is 48.7 Å². The van der Waals surface area contributed by atoms with Gasteiger partial charge in [0.15, 0.2) is 0 Å². The van der Waals surface area contributed by atoms with Crippen molar-refractivity contribution in [2.75, 3.05) is 28.6 Å². The van der Waals surface area contributed by atoms with Crippen molar-refractivity contribution in [1.29, 1.82) is 0 Å². The molecule has 0 atom stereocenters. The van der Waals surface area contributed by atoms with Gasteiger partial charge in [-0.2, -0.15) is 0 Å². The smallest absolute Gasteiger partial charge is 0.247 e. The Bertz CT molecular complexity index is 928. The van der Waals surface area contributed by atoms with Crippen molar-refractivity contribution in [1.82, 2.24) is 0 Å². The predicted molar refractivity (Wildman–Crippen MR) is 104 cm³/mol. The lowest BCUT2D eigenvalue weighted by molar-refractivity contribution is -0.117. The summed E-state index contributed by atoms with van der Waals surface area (Å²) in [5, 5.41) is 0. The normalized spacial score (nSPS) is 13.6. The van der Waals surface area contributed by atoms with Crippen LogP contribution >= 0.6 is 15.9 Å². The highest BCUT2D eigenvalue weighted by Crippen LogP contribution is 2.29. The average molecular weight is 423 g/mol. The fourth-order valence-corrected chi connectivity index (χ4v) is 4.08. The Morgan fingerprint density at radius 1 is 1.24 bits per heavy atom. The van der Waals surface area contributed by atoms with Gasteiger partial charge in [0.25, 0.3) is 0 Å². The number of carbonyl (C=O) groups is 1. The molecule has 5 nitrogen and oxygen atoms in total. The third-order valence-electron chi connectivity index (χ3n) is 4.30. The van der Waals surface area contributed by atoms with Crippen LogP contribution in [0.25, 0.3) is 0 Å². The molecule has 0 bridgehead atoms. The molecule has 1 aliphatic rings. The quantitative estimate of drug-likeness (QED) is 0.760.